The zero-order valence-corrected chi connectivity index (χ0v) is 43.7. The van der Waals surface area contributed by atoms with Gasteiger partial charge in [-0.15, -0.1) is 13.2 Å². The number of hydrogen-bond acceptors (Lipinski definition) is 1. The monoisotopic (exact) mass is 820 g/mol. The van der Waals surface area contributed by atoms with E-state index in [1.165, 1.54) is 256 Å². The molecule has 0 N–H and O–H groups in total. The molecule has 0 aliphatic rings. The lowest BCUT2D eigenvalue weighted by atomic mass is 9.96. The summed E-state index contributed by atoms with van der Waals surface area (Å²) in [5, 5.41) is 0. The Morgan fingerprint density at radius 3 is 1.00 bits per heavy atom. The number of nitrogens with zero attached hydrogens (tertiary/aromatic N) is 1. The van der Waals surface area contributed by atoms with E-state index in [2.05, 4.69) is 79.5 Å². The second-order valence-corrected chi connectivity index (χ2v) is 17.8. The van der Waals surface area contributed by atoms with Gasteiger partial charge in [-0.3, -0.25) is 0 Å². The van der Waals surface area contributed by atoms with E-state index in [1.807, 2.05) is 27.7 Å². The molecule has 0 amide bonds. The van der Waals surface area contributed by atoms with Crippen molar-refractivity contribution in [3.05, 3.63) is 24.8 Å². The number of hydrogen-bond donors (Lipinski definition) is 0. The van der Waals surface area contributed by atoms with Crippen molar-refractivity contribution in [3.8, 4) is 0 Å². The van der Waals surface area contributed by atoms with Crippen LogP contribution in [0.1, 0.15) is 314 Å². The van der Waals surface area contributed by atoms with Gasteiger partial charge in [-0.2, -0.15) is 0 Å². The SMILES string of the molecule is C=CC(C)CCCCCCCN(CCCC)CCCCCCCC(=C)C.CC.CC.CCCCCCCCC(C)CCCCCCCC.CCCCCCCCCC. The van der Waals surface area contributed by atoms with Crippen molar-refractivity contribution in [1.29, 1.82) is 0 Å². The summed E-state index contributed by atoms with van der Waals surface area (Å²) in [6, 6.07) is 0. The van der Waals surface area contributed by atoms with E-state index >= 15 is 0 Å². The Bertz CT molecular complexity index is 642. The molecule has 0 aliphatic carbocycles. The minimum Gasteiger partial charge on any atom is -0.303 e. The lowest BCUT2D eigenvalue weighted by molar-refractivity contribution is 0.256. The van der Waals surface area contributed by atoms with Crippen LogP contribution < -0.4 is 0 Å². The average molecular weight is 821 g/mol. The maximum Gasteiger partial charge on any atom is -0.00187 e. The standard InChI is InChI=1S/C25H49N.C18H38.C10H22.2C2H6/c1-6-8-21-26(22-17-13-9-11-15-19-24(3)4)23-18-14-10-12-16-20-25(5)7-2;1-4-6-8-10-12-14-16-18(3)17-15-13-11-9-7-5-2;1-3-5-7-9-10-8-6-4-2;2*1-2/h7,25H,2-3,6,8-23H2,1,4-5H3;18H,4-17H2,1-3H3;3-10H2,1-2H3;2*1-2H3. The van der Waals surface area contributed by atoms with Crippen molar-refractivity contribution >= 4 is 0 Å². The Balaban J connectivity index is -0.000000253. The number of rotatable bonds is 41. The Morgan fingerprint density at radius 2 is 0.672 bits per heavy atom. The van der Waals surface area contributed by atoms with E-state index in [1.54, 1.807) is 0 Å². The predicted octanol–water partition coefficient (Wildman–Crippen LogP) is 21.5. The Morgan fingerprint density at radius 1 is 0.397 bits per heavy atom. The smallest absolute Gasteiger partial charge is 0.00187 e. The minimum absolute atomic E-state index is 0.695. The summed E-state index contributed by atoms with van der Waals surface area (Å²) < 4.78 is 0. The van der Waals surface area contributed by atoms with Gasteiger partial charge in [-0.1, -0.05) is 280 Å². The van der Waals surface area contributed by atoms with Gasteiger partial charge in [-0.05, 0) is 76.9 Å². The van der Waals surface area contributed by atoms with E-state index in [0.717, 1.165) is 5.92 Å². The van der Waals surface area contributed by atoms with Crippen LogP contribution in [0, 0.1) is 11.8 Å². The van der Waals surface area contributed by atoms with Crippen LogP contribution in [0.2, 0.25) is 0 Å². The molecule has 0 saturated heterocycles. The van der Waals surface area contributed by atoms with E-state index in [4.69, 9.17) is 0 Å². The normalized spacial score (nSPS) is 11.1. The van der Waals surface area contributed by atoms with E-state index in [-0.39, 0.29) is 0 Å². The van der Waals surface area contributed by atoms with Gasteiger partial charge in [0, 0.05) is 0 Å². The second-order valence-electron chi connectivity index (χ2n) is 17.8. The van der Waals surface area contributed by atoms with Crippen LogP contribution in [-0.4, -0.2) is 24.5 Å². The Hall–Kier alpha value is -0.560. The molecule has 0 aromatic heterocycles. The third-order valence-corrected chi connectivity index (χ3v) is 11.5. The molecular formula is C57H121N. The fraction of sp³-hybridized carbons (Fsp3) is 0.930. The molecule has 1 nitrogen and oxygen atoms in total. The van der Waals surface area contributed by atoms with Crippen molar-refractivity contribution in [3.63, 3.8) is 0 Å². The summed E-state index contributed by atoms with van der Waals surface area (Å²) in [6.07, 6.45) is 53.0. The maximum absolute atomic E-state index is 3.99. The molecule has 1 atom stereocenters. The van der Waals surface area contributed by atoms with Gasteiger partial charge < -0.3 is 4.90 Å². The van der Waals surface area contributed by atoms with Gasteiger partial charge in [0.2, 0.25) is 0 Å². The van der Waals surface area contributed by atoms with Crippen LogP contribution in [0.3, 0.4) is 0 Å². The predicted molar refractivity (Wildman–Crippen MR) is 277 cm³/mol. The summed E-state index contributed by atoms with van der Waals surface area (Å²) in [5.74, 6) is 1.67. The van der Waals surface area contributed by atoms with Crippen LogP contribution in [0.4, 0.5) is 0 Å². The molecule has 0 spiro atoms. The van der Waals surface area contributed by atoms with Gasteiger partial charge in [0.15, 0.2) is 0 Å². The van der Waals surface area contributed by atoms with Crippen LogP contribution in [0.5, 0.6) is 0 Å². The second kappa shape index (κ2) is 65.6. The zero-order valence-electron chi connectivity index (χ0n) is 43.7. The maximum atomic E-state index is 3.99. The first-order valence-corrected chi connectivity index (χ1v) is 27.3. The van der Waals surface area contributed by atoms with Crippen molar-refractivity contribution in [1.82, 2.24) is 4.90 Å². The van der Waals surface area contributed by atoms with E-state index in [0.29, 0.717) is 5.92 Å². The molecule has 58 heavy (non-hydrogen) atoms. The average Bonchev–Trinajstić information content (AvgIpc) is 3.24. The first kappa shape index (κ1) is 66.5. The number of allylic oxidation sites excluding steroid dienone is 2. The molecule has 0 heterocycles. The van der Waals surface area contributed by atoms with Crippen LogP contribution in [0.15, 0.2) is 24.8 Å². The largest absolute Gasteiger partial charge is 0.303 e. The van der Waals surface area contributed by atoms with Gasteiger partial charge in [0.25, 0.3) is 0 Å². The lowest BCUT2D eigenvalue weighted by Crippen LogP contribution is -2.27. The topological polar surface area (TPSA) is 3.24 Å². The summed E-state index contributed by atoms with van der Waals surface area (Å²) in [6.45, 7) is 38.1. The van der Waals surface area contributed by atoms with Crippen molar-refractivity contribution < 1.29 is 0 Å². The fourth-order valence-electron chi connectivity index (χ4n) is 7.36. The minimum atomic E-state index is 0.695. The zero-order chi connectivity index (χ0) is 44.6. The molecule has 0 radical (unpaired) electrons. The molecule has 0 saturated carbocycles. The molecule has 0 aromatic rings. The highest BCUT2D eigenvalue weighted by Gasteiger charge is 2.05. The van der Waals surface area contributed by atoms with Crippen LogP contribution in [-0.2, 0) is 0 Å². The fourth-order valence-corrected chi connectivity index (χ4v) is 7.36. The summed E-state index contributed by atoms with van der Waals surface area (Å²) in [5.41, 5.74) is 1.34. The van der Waals surface area contributed by atoms with Crippen molar-refractivity contribution in [2.75, 3.05) is 19.6 Å². The van der Waals surface area contributed by atoms with E-state index < -0.39 is 0 Å². The molecule has 1 unspecified atom stereocenters. The molecule has 354 valence electrons. The number of unbranched alkanes of at least 4 members (excludes halogenated alkanes) is 26. The van der Waals surface area contributed by atoms with Gasteiger partial charge in [0.1, 0.15) is 0 Å². The molecule has 0 fully saturated rings. The Kier molecular flexibility index (Phi) is 75.2. The third kappa shape index (κ3) is 70.0. The summed E-state index contributed by atoms with van der Waals surface area (Å²) in [7, 11) is 0. The van der Waals surface area contributed by atoms with Gasteiger partial charge >= 0.3 is 0 Å². The molecular weight excluding hydrogens is 699 g/mol. The van der Waals surface area contributed by atoms with Crippen molar-refractivity contribution in [2.24, 2.45) is 11.8 Å². The Labute approximate surface area is 374 Å². The highest BCUT2D eigenvalue weighted by atomic mass is 15.1. The summed E-state index contributed by atoms with van der Waals surface area (Å²) in [4.78, 5) is 2.73. The molecule has 0 aliphatic heterocycles. The van der Waals surface area contributed by atoms with Crippen LogP contribution >= 0.6 is 0 Å². The molecule has 0 aromatic carbocycles. The lowest BCUT2D eigenvalue weighted by Gasteiger charge is -2.22. The molecule has 1 heteroatoms. The first-order valence-electron chi connectivity index (χ1n) is 27.3. The van der Waals surface area contributed by atoms with Crippen molar-refractivity contribution in [2.45, 2.75) is 314 Å². The van der Waals surface area contributed by atoms with Gasteiger partial charge in [-0.25, -0.2) is 0 Å². The van der Waals surface area contributed by atoms with Crippen LogP contribution in [0.25, 0.3) is 0 Å². The molecule has 0 bridgehead atoms. The van der Waals surface area contributed by atoms with E-state index in [9.17, 15) is 0 Å². The molecule has 0 rings (SSSR count). The van der Waals surface area contributed by atoms with Gasteiger partial charge in [0.05, 0.1) is 0 Å². The highest BCUT2D eigenvalue weighted by molar-refractivity contribution is 4.87. The summed E-state index contributed by atoms with van der Waals surface area (Å²) >= 11 is 0. The highest BCUT2D eigenvalue weighted by Crippen LogP contribution is 2.19. The quantitative estimate of drug-likeness (QED) is 0.0439. The third-order valence-electron chi connectivity index (χ3n) is 11.5. The first-order chi connectivity index (χ1) is 28.3.